The van der Waals surface area contributed by atoms with E-state index in [-0.39, 0.29) is 17.4 Å². The third kappa shape index (κ3) is 3.74. The highest BCUT2D eigenvalue weighted by Gasteiger charge is 2.27. The summed E-state index contributed by atoms with van der Waals surface area (Å²) >= 11 is 0. The minimum atomic E-state index is -0.881. The van der Waals surface area contributed by atoms with Gasteiger partial charge >= 0.3 is 5.97 Å². The van der Waals surface area contributed by atoms with Gasteiger partial charge in [0.2, 0.25) is 5.76 Å². The van der Waals surface area contributed by atoms with Crippen molar-refractivity contribution in [3.05, 3.63) is 52.3 Å². The number of hydrogen-bond acceptors (Lipinski definition) is 6. The minimum Gasteiger partial charge on any atom is -0.449 e. The van der Waals surface area contributed by atoms with E-state index in [0.29, 0.717) is 24.4 Å². The van der Waals surface area contributed by atoms with Crippen LogP contribution in [0, 0.1) is 10.1 Å². The van der Waals surface area contributed by atoms with Crippen molar-refractivity contribution in [1.82, 2.24) is 4.90 Å². The molecule has 26 heavy (non-hydrogen) atoms. The lowest BCUT2D eigenvalue weighted by Gasteiger charge is -2.19. The number of ether oxygens (including phenoxy) is 1. The van der Waals surface area contributed by atoms with Crippen LogP contribution >= 0.6 is 0 Å². The Morgan fingerprint density at radius 2 is 1.81 bits per heavy atom. The molecule has 1 aliphatic heterocycles. The van der Waals surface area contributed by atoms with E-state index in [9.17, 15) is 19.7 Å². The number of hydrogen-bond donors (Lipinski definition) is 0. The number of nitro groups is 1. The number of nitro benzene ring substituents is 1. The van der Waals surface area contributed by atoms with E-state index < -0.39 is 17.0 Å². The van der Waals surface area contributed by atoms with Crippen molar-refractivity contribution >= 4 is 17.6 Å². The van der Waals surface area contributed by atoms with Crippen molar-refractivity contribution in [3.63, 3.8) is 0 Å². The number of furan rings is 1. The van der Waals surface area contributed by atoms with Crippen LogP contribution in [0.5, 0.6) is 0 Å². The second-order valence-electron chi connectivity index (χ2n) is 6.05. The van der Waals surface area contributed by atoms with E-state index in [0.717, 1.165) is 12.8 Å². The predicted octanol–water partition coefficient (Wildman–Crippen LogP) is 3.02. The Morgan fingerprint density at radius 1 is 1.15 bits per heavy atom. The number of esters is 1. The van der Waals surface area contributed by atoms with Crippen molar-refractivity contribution in [3.8, 4) is 11.3 Å². The maximum absolute atomic E-state index is 12.2. The van der Waals surface area contributed by atoms with Crippen LogP contribution in [0.4, 0.5) is 5.69 Å². The molecule has 3 rings (SSSR count). The molecule has 1 amide bonds. The van der Waals surface area contributed by atoms with Crippen LogP contribution in [-0.2, 0) is 9.53 Å². The summed E-state index contributed by atoms with van der Waals surface area (Å²) in [5, 5.41) is 10.7. The molecule has 1 aromatic carbocycles. The molecule has 1 aromatic heterocycles. The first-order valence-corrected chi connectivity index (χ1v) is 8.30. The van der Waals surface area contributed by atoms with Crippen LogP contribution < -0.4 is 0 Å². The molecule has 8 heteroatoms. The first kappa shape index (κ1) is 17.7. The van der Waals surface area contributed by atoms with Crippen LogP contribution in [0.25, 0.3) is 11.3 Å². The van der Waals surface area contributed by atoms with Crippen LogP contribution in [0.2, 0.25) is 0 Å². The second-order valence-corrected chi connectivity index (χ2v) is 6.05. The standard InChI is InChI=1S/C18H18N2O6/c1-12(17(21)19-10-2-3-11-19)25-18(22)16-9-8-15(26-16)13-4-6-14(7-5-13)20(23)24/h4-9,12H,2-3,10-11H2,1H3/t12-/m0/s1. The second kappa shape index (κ2) is 7.38. The zero-order valence-corrected chi connectivity index (χ0v) is 14.2. The zero-order chi connectivity index (χ0) is 18.7. The summed E-state index contributed by atoms with van der Waals surface area (Å²) in [4.78, 5) is 36.3. The first-order chi connectivity index (χ1) is 12.5. The molecule has 0 unspecified atom stereocenters. The topological polar surface area (TPSA) is 103 Å². The van der Waals surface area contributed by atoms with Crippen molar-refractivity contribution in [2.24, 2.45) is 0 Å². The molecule has 1 saturated heterocycles. The van der Waals surface area contributed by atoms with E-state index in [1.54, 1.807) is 17.9 Å². The zero-order valence-electron chi connectivity index (χ0n) is 14.2. The number of carbonyl (C=O) groups excluding carboxylic acids is 2. The summed E-state index contributed by atoms with van der Waals surface area (Å²) in [6.07, 6.45) is 1.04. The van der Waals surface area contributed by atoms with Gasteiger partial charge in [0.25, 0.3) is 11.6 Å². The molecule has 0 aliphatic carbocycles. The number of benzene rings is 1. The van der Waals surface area contributed by atoms with E-state index in [1.165, 1.54) is 30.3 Å². The Bertz CT molecular complexity index is 820. The lowest BCUT2D eigenvalue weighted by molar-refractivity contribution is -0.384. The first-order valence-electron chi connectivity index (χ1n) is 8.30. The molecule has 8 nitrogen and oxygen atoms in total. The van der Waals surface area contributed by atoms with Gasteiger partial charge < -0.3 is 14.1 Å². The van der Waals surface area contributed by atoms with Gasteiger partial charge in [0, 0.05) is 30.8 Å². The van der Waals surface area contributed by atoms with E-state index in [1.807, 2.05) is 0 Å². The van der Waals surface area contributed by atoms with Gasteiger partial charge in [-0.3, -0.25) is 14.9 Å². The van der Waals surface area contributed by atoms with E-state index >= 15 is 0 Å². The Morgan fingerprint density at radius 3 is 2.42 bits per heavy atom. The van der Waals surface area contributed by atoms with Crippen molar-refractivity contribution < 1.29 is 23.7 Å². The summed E-state index contributed by atoms with van der Waals surface area (Å²) in [7, 11) is 0. The maximum Gasteiger partial charge on any atom is 0.375 e. The number of amides is 1. The summed E-state index contributed by atoms with van der Waals surface area (Å²) in [5.74, 6) is -0.582. The molecule has 2 heterocycles. The Balaban J connectivity index is 1.65. The fraction of sp³-hybridized carbons (Fsp3) is 0.333. The molecule has 0 bridgehead atoms. The number of rotatable bonds is 5. The van der Waals surface area contributed by atoms with Crippen molar-refractivity contribution in [1.29, 1.82) is 0 Å². The summed E-state index contributed by atoms with van der Waals surface area (Å²) in [5.41, 5.74) is 0.560. The minimum absolute atomic E-state index is 0.0283. The molecule has 0 saturated carbocycles. The van der Waals surface area contributed by atoms with Crippen LogP contribution in [0.3, 0.4) is 0 Å². The van der Waals surface area contributed by atoms with Crippen LogP contribution in [0.15, 0.2) is 40.8 Å². The molecule has 0 radical (unpaired) electrons. The highest BCUT2D eigenvalue weighted by atomic mass is 16.6. The van der Waals surface area contributed by atoms with E-state index in [2.05, 4.69) is 0 Å². The molecule has 1 atom stereocenters. The fourth-order valence-electron chi connectivity index (χ4n) is 2.81. The third-order valence-corrected chi connectivity index (χ3v) is 4.22. The summed E-state index contributed by atoms with van der Waals surface area (Å²) in [6, 6.07) is 8.80. The summed E-state index contributed by atoms with van der Waals surface area (Å²) in [6.45, 7) is 2.91. The molecule has 2 aromatic rings. The lowest BCUT2D eigenvalue weighted by atomic mass is 10.1. The number of non-ortho nitro benzene ring substituents is 1. The van der Waals surface area contributed by atoms with Crippen LogP contribution in [-0.4, -0.2) is 40.9 Å². The molecule has 0 N–H and O–H groups in total. The smallest absolute Gasteiger partial charge is 0.375 e. The average Bonchev–Trinajstić information content (AvgIpc) is 3.33. The van der Waals surface area contributed by atoms with Gasteiger partial charge in [-0.2, -0.15) is 0 Å². The summed E-state index contributed by atoms with van der Waals surface area (Å²) < 4.78 is 10.7. The Labute approximate surface area is 149 Å². The molecular formula is C18H18N2O6. The molecular weight excluding hydrogens is 340 g/mol. The molecule has 1 fully saturated rings. The SMILES string of the molecule is C[C@H](OC(=O)c1ccc(-c2ccc([N+](=O)[O-])cc2)o1)C(=O)N1CCCC1. The van der Waals surface area contributed by atoms with Gasteiger partial charge in [0.1, 0.15) is 5.76 Å². The van der Waals surface area contributed by atoms with Gasteiger partial charge in [-0.25, -0.2) is 4.79 Å². The molecule has 136 valence electrons. The molecule has 0 spiro atoms. The van der Waals surface area contributed by atoms with Gasteiger partial charge in [-0.05, 0) is 44.0 Å². The Hall–Kier alpha value is -3.16. The monoisotopic (exact) mass is 358 g/mol. The van der Waals surface area contributed by atoms with Crippen molar-refractivity contribution in [2.45, 2.75) is 25.9 Å². The lowest BCUT2D eigenvalue weighted by Crippen LogP contribution is -2.38. The van der Waals surface area contributed by atoms with Crippen molar-refractivity contribution in [2.75, 3.05) is 13.1 Å². The van der Waals surface area contributed by atoms with Gasteiger partial charge in [0.05, 0.1) is 4.92 Å². The quantitative estimate of drug-likeness (QED) is 0.462. The predicted molar refractivity (Wildman–Crippen MR) is 91.5 cm³/mol. The van der Waals surface area contributed by atoms with E-state index in [4.69, 9.17) is 9.15 Å². The highest BCUT2D eigenvalue weighted by Crippen LogP contribution is 2.25. The van der Waals surface area contributed by atoms with Crippen LogP contribution in [0.1, 0.15) is 30.3 Å². The third-order valence-electron chi connectivity index (χ3n) is 4.22. The molecule has 1 aliphatic rings. The van der Waals surface area contributed by atoms with Gasteiger partial charge in [-0.1, -0.05) is 0 Å². The van der Waals surface area contributed by atoms with Gasteiger partial charge in [0.15, 0.2) is 6.10 Å². The fourth-order valence-corrected chi connectivity index (χ4v) is 2.81. The highest BCUT2D eigenvalue weighted by molar-refractivity contribution is 5.90. The normalized spacial score (nSPS) is 14.9. The van der Waals surface area contributed by atoms with Gasteiger partial charge in [-0.15, -0.1) is 0 Å². The Kier molecular flexibility index (Phi) is 5.01. The number of carbonyl (C=O) groups is 2. The number of likely N-dealkylation sites (tertiary alicyclic amines) is 1. The average molecular weight is 358 g/mol. The maximum atomic E-state index is 12.2. The number of nitrogens with zero attached hydrogens (tertiary/aromatic N) is 2. The largest absolute Gasteiger partial charge is 0.449 e.